The van der Waals surface area contributed by atoms with E-state index in [1.807, 2.05) is 18.2 Å². The highest BCUT2D eigenvalue weighted by Gasteiger charge is 2.08. The predicted molar refractivity (Wildman–Crippen MR) is 89.6 cm³/mol. The zero-order valence-corrected chi connectivity index (χ0v) is 13.4. The van der Waals surface area contributed by atoms with Crippen LogP contribution in [0.3, 0.4) is 0 Å². The third-order valence-corrected chi connectivity index (χ3v) is 4.45. The lowest BCUT2D eigenvalue weighted by Gasteiger charge is -2.13. The average Bonchev–Trinajstić information content (AvgIpc) is 2.55. The Hall–Kier alpha value is -1.81. The fourth-order valence-electron chi connectivity index (χ4n) is 2.07. The van der Waals surface area contributed by atoms with Crippen LogP contribution in [0.4, 0.5) is 4.39 Å². The number of benzene rings is 2. The van der Waals surface area contributed by atoms with Gasteiger partial charge < -0.3 is 5.32 Å². The van der Waals surface area contributed by atoms with Crippen LogP contribution in [-0.4, -0.2) is 18.2 Å². The van der Waals surface area contributed by atoms with E-state index in [1.54, 1.807) is 18.2 Å². The van der Waals surface area contributed by atoms with Crippen LogP contribution in [0.15, 0.2) is 59.5 Å². The van der Waals surface area contributed by atoms with Gasteiger partial charge in [0.2, 0.25) is 5.91 Å². The highest BCUT2D eigenvalue weighted by atomic mass is 32.2. The molecule has 0 spiro atoms. The fourth-order valence-corrected chi connectivity index (χ4v) is 2.96. The Labute approximate surface area is 135 Å². The van der Waals surface area contributed by atoms with Crippen molar-refractivity contribution < 1.29 is 9.18 Å². The molecule has 0 bridgehead atoms. The lowest BCUT2D eigenvalue weighted by Crippen LogP contribution is -2.27. The van der Waals surface area contributed by atoms with Gasteiger partial charge in [-0.15, -0.1) is 11.8 Å². The van der Waals surface area contributed by atoms with E-state index >= 15 is 0 Å². The van der Waals surface area contributed by atoms with Crippen LogP contribution in [0.5, 0.6) is 0 Å². The van der Waals surface area contributed by atoms with Crippen LogP contribution in [0.1, 0.15) is 24.8 Å². The van der Waals surface area contributed by atoms with Crippen molar-refractivity contribution in [3.05, 3.63) is 66.0 Å². The van der Waals surface area contributed by atoms with Crippen molar-refractivity contribution in [2.24, 2.45) is 0 Å². The van der Waals surface area contributed by atoms with Gasteiger partial charge in [-0.3, -0.25) is 4.79 Å². The molecule has 2 rings (SSSR count). The second kappa shape index (κ2) is 8.59. The molecule has 116 valence electrons. The van der Waals surface area contributed by atoms with Crippen LogP contribution < -0.4 is 5.32 Å². The second-order valence-electron chi connectivity index (χ2n) is 5.14. The van der Waals surface area contributed by atoms with Gasteiger partial charge in [0.05, 0.1) is 0 Å². The summed E-state index contributed by atoms with van der Waals surface area (Å²) in [4.78, 5) is 12.4. The number of halogens is 1. The summed E-state index contributed by atoms with van der Waals surface area (Å²) in [6.07, 6.45) is 0.389. The van der Waals surface area contributed by atoms with Gasteiger partial charge in [0.25, 0.3) is 0 Å². The van der Waals surface area contributed by atoms with E-state index in [0.717, 1.165) is 0 Å². The summed E-state index contributed by atoms with van der Waals surface area (Å²) in [5, 5.41) is 2.94. The van der Waals surface area contributed by atoms with Crippen molar-refractivity contribution in [2.75, 3.05) is 12.3 Å². The molecular weight excluding hydrogens is 297 g/mol. The molecule has 1 unspecified atom stereocenters. The second-order valence-corrected chi connectivity index (χ2v) is 6.28. The van der Waals surface area contributed by atoms with Gasteiger partial charge in [0, 0.05) is 23.6 Å². The van der Waals surface area contributed by atoms with Gasteiger partial charge in [0.1, 0.15) is 5.82 Å². The third-order valence-electron chi connectivity index (χ3n) is 3.40. The molecule has 4 heteroatoms. The van der Waals surface area contributed by atoms with Gasteiger partial charge in [0.15, 0.2) is 0 Å². The van der Waals surface area contributed by atoms with E-state index in [2.05, 4.69) is 24.4 Å². The first kappa shape index (κ1) is 16.6. The van der Waals surface area contributed by atoms with Crippen LogP contribution in [0.25, 0.3) is 0 Å². The zero-order valence-electron chi connectivity index (χ0n) is 12.6. The van der Waals surface area contributed by atoms with Crippen LogP contribution in [0.2, 0.25) is 0 Å². The molecule has 0 radical (unpaired) electrons. The smallest absolute Gasteiger partial charge is 0.220 e. The summed E-state index contributed by atoms with van der Waals surface area (Å²) in [7, 11) is 0. The van der Waals surface area contributed by atoms with Crippen LogP contribution >= 0.6 is 11.8 Å². The summed E-state index contributed by atoms with van der Waals surface area (Å²) in [6, 6.07) is 16.7. The lowest BCUT2D eigenvalue weighted by atomic mass is 10.0. The monoisotopic (exact) mass is 317 g/mol. The van der Waals surface area contributed by atoms with Crippen LogP contribution in [0, 0.1) is 5.82 Å². The number of amides is 1. The SMILES string of the molecule is CC(CNC(=O)CCSc1ccccc1F)c1ccccc1. The third kappa shape index (κ3) is 5.19. The number of hydrogen-bond donors (Lipinski definition) is 1. The summed E-state index contributed by atoms with van der Waals surface area (Å²) in [5.74, 6) is 0.633. The number of hydrogen-bond acceptors (Lipinski definition) is 2. The fraction of sp³-hybridized carbons (Fsp3) is 0.278. The van der Waals surface area contributed by atoms with Crippen molar-refractivity contribution in [1.82, 2.24) is 5.32 Å². The van der Waals surface area contributed by atoms with Crippen molar-refractivity contribution in [3.63, 3.8) is 0 Å². The minimum absolute atomic E-state index is 0.00613. The van der Waals surface area contributed by atoms with Gasteiger partial charge in [-0.25, -0.2) is 4.39 Å². The average molecular weight is 317 g/mol. The standard InChI is InChI=1S/C18H20FNOS/c1-14(15-7-3-2-4-8-15)13-20-18(21)11-12-22-17-10-6-5-9-16(17)19/h2-10,14H,11-13H2,1H3,(H,20,21). The van der Waals surface area contributed by atoms with Gasteiger partial charge in [-0.2, -0.15) is 0 Å². The summed E-state index contributed by atoms with van der Waals surface area (Å²) in [6.45, 7) is 2.71. The molecule has 1 atom stereocenters. The van der Waals surface area contributed by atoms with E-state index < -0.39 is 0 Å². The first-order valence-electron chi connectivity index (χ1n) is 7.36. The first-order chi connectivity index (χ1) is 10.7. The molecule has 0 aliphatic heterocycles. The number of carbonyl (C=O) groups is 1. The minimum Gasteiger partial charge on any atom is -0.355 e. The van der Waals surface area contributed by atoms with Crippen molar-refractivity contribution in [3.8, 4) is 0 Å². The first-order valence-corrected chi connectivity index (χ1v) is 8.34. The quantitative estimate of drug-likeness (QED) is 0.774. The summed E-state index contributed by atoms with van der Waals surface area (Å²) in [5.41, 5.74) is 1.21. The Kier molecular flexibility index (Phi) is 6.46. The topological polar surface area (TPSA) is 29.1 Å². The zero-order chi connectivity index (χ0) is 15.8. The molecule has 0 aliphatic rings. The molecule has 0 aliphatic carbocycles. The number of rotatable bonds is 7. The largest absolute Gasteiger partial charge is 0.355 e. The minimum atomic E-state index is -0.231. The summed E-state index contributed by atoms with van der Waals surface area (Å²) >= 11 is 1.37. The molecule has 0 fully saturated rings. The van der Waals surface area contributed by atoms with Gasteiger partial charge in [-0.1, -0.05) is 49.4 Å². The maximum absolute atomic E-state index is 13.4. The number of thioether (sulfide) groups is 1. The molecule has 0 heterocycles. The Morgan fingerprint density at radius 3 is 2.55 bits per heavy atom. The molecule has 0 aromatic heterocycles. The van der Waals surface area contributed by atoms with Crippen molar-refractivity contribution in [2.45, 2.75) is 24.2 Å². The Balaban J connectivity index is 1.69. The Morgan fingerprint density at radius 1 is 1.14 bits per heavy atom. The summed E-state index contributed by atoms with van der Waals surface area (Å²) < 4.78 is 13.4. The van der Waals surface area contributed by atoms with Crippen molar-refractivity contribution in [1.29, 1.82) is 0 Å². The Morgan fingerprint density at radius 2 is 1.82 bits per heavy atom. The highest BCUT2D eigenvalue weighted by Crippen LogP contribution is 2.21. The van der Waals surface area contributed by atoms with E-state index in [0.29, 0.717) is 23.6 Å². The van der Waals surface area contributed by atoms with Crippen LogP contribution in [-0.2, 0) is 4.79 Å². The molecule has 1 amide bonds. The van der Waals surface area contributed by atoms with E-state index in [9.17, 15) is 9.18 Å². The highest BCUT2D eigenvalue weighted by molar-refractivity contribution is 7.99. The maximum Gasteiger partial charge on any atom is 0.220 e. The molecule has 22 heavy (non-hydrogen) atoms. The predicted octanol–water partition coefficient (Wildman–Crippen LogP) is 4.23. The van der Waals surface area contributed by atoms with E-state index in [-0.39, 0.29) is 17.6 Å². The molecule has 2 aromatic rings. The van der Waals surface area contributed by atoms with Gasteiger partial charge >= 0.3 is 0 Å². The normalized spacial score (nSPS) is 11.9. The number of nitrogens with one attached hydrogen (secondary N) is 1. The Bertz CT molecular complexity index is 603. The molecule has 1 N–H and O–H groups in total. The molecule has 2 nitrogen and oxygen atoms in total. The van der Waals surface area contributed by atoms with Crippen molar-refractivity contribution >= 4 is 17.7 Å². The maximum atomic E-state index is 13.4. The number of carbonyl (C=O) groups excluding carboxylic acids is 1. The molecular formula is C18H20FNOS. The molecule has 0 saturated carbocycles. The molecule has 0 saturated heterocycles. The van der Waals surface area contributed by atoms with Gasteiger partial charge in [-0.05, 0) is 23.6 Å². The lowest BCUT2D eigenvalue weighted by molar-refractivity contribution is -0.120. The van der Waals surface area contributed by atoms with E-state index in [4.69, 9.17) is 0 Å². The molecule has 2 aromatic carbocycles. The van der Waals surface area contributed by atoms with E-state index in [1.165, 1.54) is 23.4 Å².